The first-order chi connectivity index (χ1) is 11.4. The minimum absolute atomic E-state index is 0.301. The highest BCUT2D eigenvalue weighted by Crippen LogP contribution is 2.15. The van der Waals surface area contributed by atoms with Crippen LogP contribution < -0.4 is 5.32 Å². The van der Waals surface area contributed by atoms with Crippen molar-refractivity contribution in [2.75, 3.05) is 0 Å². The molecule has 0 spiro atoms. The van der Waals surface area contributed by atoms with Gasteiger partial charge in [-0.3, -0.25) is 4.79 Å². The Morgan fingerprint density at radius 2 is 2.17 bits per heavy atom. The topological polar surface area (TPSA) is 84.2 Å². The zero-order valence-corrected chi connectivity index (χ0v) is 13.8. The van der Waals surface area contributed by atoms with Gasteiger partial charge in [0.1, 0.15) is 6.04 Å². The van der Waals surface area contributed by atoms with Gasteiger partial charge in [0.2, 0.25) is 0 Å². The Bertz CT molecular complexity index is 765. The summed E-state index contributed by atoms with van der Waals surface area (Å²) in [6, 6.07) is 6.82. The van der Waals surface area contributed by atoms with Gasteiger partial charge in [-0.1, -0.05) is 18.2 Å². The molecule has 1 heterocycles. The molecule has 0 saturated heterocycles. The zero-order chi connectivity index (χ0) is 17.7. The highest BCUT2D eigenvalue weighted by Gasteiger charge is 2.22. The molecule has 126 valence electrons. The number of benzene rings is 1. The van der Waals surface area contributed by atoms with Crippen LogP contribution in [0.25, 0.3) is 5.69 Å². The number of carboxylic acids is 1. The number of nitrogens with one attached hydrogen (secondary N) is 1. The van der Waals surface area contributed by atoms with E-state index >= 15 is 0 Å². The van der Waals surface area contributed by atoms with Crippen LogP contribution in [-0.4, -0.2) is 32.8 Å². The Balaban J connectivity index is 2.22. The number of carbonyl (C=O) groups is 2. The number of aliphatic carboxylic acids is 1. The smallest absolute Gasteiger partial charge is 0.326 e. The summed E-state index contributed by atoms with van der Waals surface area (Å²) in [4.78, 5) is 23.7. The predicted molar refractivity (Wildman–Crippen MR) is 91.4 cm³/mol. The third kappa shape index (κ3) is 3.90. The lowest BCUT2D eigenvalue weighted by molar-refractivity contribution is -0.139. The van der Waals surface area contributed by atoms with E-state index in [0.717, 1.165) is 11.3 Å². The molecule has 24 heavy (non-hydrogen) atoms. The van der Waals surface area contributed by atoms with E-state index in [0.29, 0.717) is 24.1 Å². The van der Waals surface area contributed by atoms with Crippen molar-refractivity contribution >= 4 is 11.9 Å². The summed E-state index contributed by atoms with van der Waals surface area (Å²) < 4.78 is 1.67. The summed E-state index contributed by atoms with van der Waals surface area (Å²) in [5, 5.41) is 16.0. The lowest BCUT2D eigenvalue weighted by atomic mass is 10.1. The van der Waals surface area contributed by atoms with E-state index in [2.05, 4.69) is 17.0 Å². The molecule has 1 unspecified atom stereocenters. The van der Waals surface area contributed by atoms with Crippen molar-refractivity contribution in [3.63, 3.8) is 0 Å². The van der Waals surface area contributed by atoms with Crippen molar-refractivity contribution < 1.29 is 14.7 Å². The maximum atomic E-state index is 12.4. The van der Waals surface area contributed by atoms with Crippen molar-refractivity contribution in [2.24, 2.45) is 0 Å². The second-order valence-electron chi connectivity index (χ2n) is 5.62. The second kappa shape index (κ2) is 7.59. The number of aryl methyl sites for hydroxylation is 1. The summed E-state index contributed by atoms with van der Waals surface area (Å²) in [7, 11) is 0. The zero-order valence-electron chi connectivity index (χ0n) is 13.8. The van der Waals surface area contributed by atoms with Gasteiger partial charge in [-0.05, 0) is 44.4 Å². The SMILES string of the molecule is C=CCCC(NC(=O)c1cnn(-c2cccc(C)c2)c1C)C(=O)O. The molecule has 1 amide bonds. The summed E-state index contributed by atoms with van der Waals surface area (Å²) in [5.74, 6) is -1.50. The molecule has 0 radical (unpaired) electrons. The summed E-state index contributed by atoms with van der Waals surface area (Å²) in [6.07, 6.45) is 3.90. The van der Waals surface area contributed by atoms with Crippen LogP contribution in [0.5, 0.6) is 0 Å². The third-order valence-electron chi connectivity index (χ3n) is 3.76. The molecule has 1 aromatic carbocycles. The van der Waals surface area contributed by atoms with Gasteiger partial charge in [0.15, 0.2) is 0 Å². The molecule has 6 nitrogen and oxygen atoms in total. The van der Waals surface area contributed by atoms with Crippen molar-refractivity contribution in [1.82, 2.24) is 15.1 Å². The van der Waals surface area contributed by atoms with Gasteiger partial charge < -0.3 is 10.4 Å². The standard InChI is InChI=1S/C18H21N3O3/c1-4-5-9-16(18(23)24)20-17(22)15-11-19-21(13(15)3)14-8-6-7-12(2)10-14/h4,6-8,10-11,16H,1,5,9H2,2-3H3,(H,20,22)(H,23,24). The first kappa shape index (κ1) is 17.5. The summed E-state index contributed by atoms with van der Waals surface area (Å²) >= 11 is 0. The number of carboxylic acid groups (broad SMARTS) is 1. The number of nitrogens with zero attached hydrogens (tertiary/aromatic N) is 2. The fourth-order valence-electron chi connectivity index (χ4n) is 2.43. The maximum absolute atomic E-state index is 12.4. The van der Waals surface area contributed by atoms with E-state index in [1.807, 2.05) is 31.2 Å². The van der Waals surface area contributed by atoms with Gasteiger partial charge in [-0.2, -0.15) is 5.10 Å². The molecular formula is C18H21N3O3. The van der Waals surface area contributed by atoms with Gasteiger partial charge in [0.25, 0.3) is 5.91 Å². The Morgan fingerprint density at radius 1 is 1.42 bits per heavy atom. The predicted octanol–water partition coefficient (Wildman–Crippen LogP) is 2.64. The number of rotatable bonds is 7. The van der Waals surface area contributed by atoms with Gasteiger partial charge in [-0.25, -0.2) is 9.48 Å². The van der Waals surface area contributed by atoms with E-state index < -0.39 is 17.9 Å². The van der Waals surface area contributed by atoms with E-state index in [-0.39, 0.29) is 0 Å². The molecule has 0 aliphatic rings. The molecule has 0 bridgehead atoms. The van der Waals surface area contributed by atoms with Gasteiger partial charge in [0.05, 0.1) is 23.1 Å². The molecule has 6 heteroatoms. The Hall–Kier alpha value is -2.89. The first-order valence-electron chi connectivity index (χ1n) is 7.70. The van der Waals surface area contributed by atoms with Crippen molar-refractivity contribution in [3.8, 4) is 5.69 Å². The van der Waals surface area contributed by atoms with Gasteiger partial charge in [-0.15, -0.1) is 6.58 Å². The normalized spacial score (nSPS) is 11.8. The number of aromatic nitrogens is 2. The minimum Gasteiger partial charge on any atom is -0.480 e. The van der Waals surface area contributed by atoms with Crippen LogP contribution in [0, 0.1) is 13.8 Å². The molecule has 0 saturated carbocycles. The summed E-state index contributed by atoms with van der Waals surface area (Å²) in [5.41, 5.74) is 2.96. The quantitative estimate of drug-likeness (QED) is 0.766. The van der Waals surface area contributed by atoms with Crippen LogP contribution in [0.15, 0.2) is 43.1 Å². The van der Waals surface area contributed by atoms with E-state index in [1.54, 1.807) is 17.7 Å². The number of amides is 1. The molecule has 0 fully saturated rings. The van der Waals surface area contributed by atoms with Gasteiger partial charge in [0, 0.05) is 0 Å². The molecule has 1 atom stereocenters. The molecule has 0 aliphatic heterocycles. The minimum atomic E-state index is -1.06. The average Bonchev–Trinajstić information content (AvgIpc) is 2.92. The molecule has 1 aromatic heterocycles. The Kier molecular flexibility index (Phi) is 5.52. The van der Waals surface area contributed by atoms with Crippen LogP contribution in [0.2, 0.25) is 0 Å². The lowest BCUT2D eigenvalue weighted by Crippen LogP contribution is -2.40. The number of hydrogen-bond acceptors (Lipinski definition) is 3. The molecule has 0 aliphatic carbocycles. The highest BCUT2D eigenvalue weighted by molar-refractivity contribution is 5.97. The number of carbonyl (C=O) groups excluding carboxylic acids is 1. The van der Waals surface area contributed by atoms with Crippen LogP contribution in [0.4, 0.5) is 0 Å². The molecule has 2 N–H and O–H groups in total. The van der Waals surface area contributed by atoms with Crippen molar-refractivity contribution in [2.45, 2.75) is 32.7 Å². The van der Waals surface area contributed by atoms with Crippen molar-refractivity contribution in [3.05, 3.63) is 59.9 Å². The fourth-order valence-corrected chi connectivity index (χ4v) is 2.43. The third-order valence-corrected chi connectivity index (χ3v) is 3.76. The van der Waals surface area contributed by atoms with Crippen LogP contribution in [0.3, 0.4) is 0 Å². The monoisotopic (exact) mass is 327 g/mol. The van der Waals surface area contributed by atoms with Crippen LogP contribution in [-0.2, 0) is 4.79 Å². The molecule has 2 aromatic rings. The Labute approximate surface area is 140 Å². The van der Waals surface area contributed by atoms with Crippen molar-refractivity contribution in [1.29, 1.82) is 0 Å². The average molecular weight is 327 g/mol. The second-order valence-corrected chi connectivity index (χ2v) is 5.62. The largest absolute Gasteiger partial charge is 0.480 e. The number of hydrogen-bond donors (Lipinski definition) is 2. The summed E-state index contributed by atoms with van der Waals surface area (Å²) in [6.45, 7) is 7.33. The van der Waals surface area contributed by atoms with Gasteiger partial charge >= 0.3 is 5.97 Å². The Morgan fingerprint density at radius 3 is 2.79 bits per heavy atom. The first-order valence-corrected chi connectivity index (χ1v) is 7.70. The van der Waals surface area contributed by atoms with Crippen LogP contribution in [0.1, 0.15) is 34.5 Å². The number of allylic oxidation sites excluding steroid dienone is 1. The van der Waals surface area contributed by atoms with E-state index in [9.17, 15) is 14.7 Å². The van der Waals surface area contributed by atoms with E-state index in [4.69, 9.17) is 0 Å². The lowest BCUT2D eigenvalue weighted by Gasteiger charge is -2.13. The molecule has 2 rings (SSSR count). The maximum Gasteiger partial charge on any atom is 0.326 e. The van der Waals surface area contributed by atoms with Crippen LogP contribution >= 0.6 is 0 Å². The highest BCUT2D eigenvalue weighted by atomic mass is 16.4. The fraction of sp³-hybridized carbons (Fsp3) is 0.278. The molecular weight excluding hydrogens is 306 g/mol. The van der Waals surface area contributed by atoms with E-state index in [1.165, 1.54) is 6.20 Å².